The minimum Gasteiger partial charge on any atom is -0.493 e. The van der Waals surface area contributed by atoms with E-state index in [0.29, 0.717) is 17.9 Å². The first-order chi connectivity index (χ1) is 11.0. The molecule has 6 nitrogen and oxygen atoms in total. The third kappa shape index (κ3) is 4.84. The molecule has 0 aromatic heterocycles. The normalized spacial score (nSPS) is 17.6. The Bertz CT molecular complexity index is 528. The summed E-state index contributed by atoms with van der Waals surface area (Å²) in [5, 5.41) is 2.01. The zero-order valence-electron chi connectivity index (χ0n) is 14.5. The molecule has 1 unspecified atom stereocenters. The minimum atomic E-state index is -0.104. The van der Waals surface area contributed by atoms with Crippen LogP contribution >= 0.6 is 0 Å². The second-order valence-corrected chi connectivity index (χ2v) is 6.06. The first kappa shape index (κ1) is 17.6. The largest absolute Gasteiger partial charge is 0.493 e. The van der Waals surface area contributed by atoms with Gasteiger partial charge in [-0.05, 0) is 31.2 Å². The van der Waals surface area contributed by atoms with Crippen molar-refractivity contribution in [2.45, 2.75) is 13.3 Å². The van der Waals surface area contributed by atoms with E-state index >= 15 is 0 Å². The lowest BCUT2D eigenvalue weighted by Crippen LogP contribution is -2.53. The van der Waals surface area contributed by atoms with Crippen LogP contribution in [0.3, 0.4) is 0 Å². The first-order valence-corrected chi connectivity index (χ1v) is 7.98. The van der Waals surface area contributed by atoms with Crippen LogP contribution in [-0.2, 0) is 11.2 Å². The number of likely N-dealkylation sites (N-methyl/N-ethyl adjacent to an activating group) is 1. The number of hydrogen-bond acceptors (Lipinski definition) is 5. The number of piperazine rings is 1. The number of ether oxygens (including phenoxy) is 2. The molecule has 6 heteroatoms. The Morgan fingerprint density at radius 3 is 2.43 bits per heavy atom. The third-order valence-corrected chi connectivity index (χ3v) is 4.21. The van der Waals surface area contributed by atoms with Crippen LogP contribution in [0, 0.1) is 5.92 Å². The van der Waals surface area contributed by atoms with Gasteiger partial charge in [0.15, 0.2) is 11.5 Å². The number of nitrogens with zero attached hydrogens (tertiary/aromatic N) is 2. The third-order valence-electron chi connectivity index (χ3n) is 4.21. The highest BCUT2D eigenvalue weighted by molar-refractivity contribution is 5.78. The summed E-state index contributed by atoms with van der Waals surface area (Å²) in [6, 6.07) is 5.78. The van der Waals surface area contributed by atoms with E-state index < -0.39 is 0 Å². The Hall–Kier alpha value is -1.79. The van der Waals surface area contributed by atoms with Crippen molar-refractivity contribution in [2.75, 3.05) is 47.4 Å². The van der Waals surface area contributed by atoms with Gasteiger partial charge in [-0.15, -0.1) is 0 Å². The average Bonchev–Trinajstić information content (AvgIpc) is 2.56. The van der Waals surface area contributed by atoms with Crippen LogP contribution in [-0.4, -0.2) is 63.3 Å². The molecule has 1 N–H and O–H groups in total. The molecule has 0 spiro atoms. The molecule has 0 aliphatic carbocycles. The number of carbonyl (C=O) groups excluding carboxylic acids is 1. The fourth-order valence-electron chi connectivity index (χ4n) is 2.64. The van der Waals surface area contributed by atoms with Gasteiger partial charge < -0.3 is 14.4 Å². The van der Waals surface area contributed by atoms with Crippen LogP contribution in [0.5, 0.6) is 11.5 Å². The van der Waals surface area contributed by atoms with Gasteiger partial charge in [0, 0.05) is 32.1 Å². The van der Waals surface area contributed by atoms with Crippen molar-refractivity contribution in [2.24, 2.45) is 5.92 Å². The molecule has 1 aromatic carbocycles. The smallest absolute Gasteiger partial charge is 0.237 e. The van der Waals surface area contributed by atoms with Crippen molar-refractivity contribution in [1.29, 1.82) is 0 Å². The molecule has 1 aliphatic rings. The number of benzene rings is 1. The highest BCUT2D eigenvalue weighted by Crippen LogP contribution is 2.28. The summed E-state index contributed by atoms with van der Waals surface area (Å²) >= 11 is 0. The number of hydrazine groups is 1. The van der Waals surface area contributed by atoms with Crippen molar-refractivity contribution >= 4 is 5.91 Å². The van der Waals surface area contributed by atoms with E-state index in [9.17, 15) is 4.79 Å². The molecule has 1 amide bonds. The van der Waals surface area contributed by atoms with Gasteiger partial charge >= 0.3 is 0 Å². The highest BCUT2D eigenvalue weighted by Gasteiger charge is 2.20. The van der Waals surface area contributed by atoms with Crippen molar-refractivity contribution in [3.05, 3.63) is 23.8 Å². The molecule has 1 heterocycles. The number of carbonyl (C=O) groups is 1. The van der Waals surface area contributed by atoms with Crippen LogP contribution in [0.4, 0.5) is 0 Å². The lowest BCUT2D eigenvalue weighted by molar-refractivity contribution is -0.130. The average molecular weight is 321 g/mol. The van der Waals surface area contributed by atoms with E-state index in [-0.39, 0.29) is 11.8 Å². The van der Waals surface area contributed by atoms with Crippen LogP contribution in [0.2, 0.25) is 0 Å². The van der Waals surface area contributed by atoms with Gasteiger partial charge in [0.25, 0.3) is 0 Å². The van der Waals surface area contributed by atoms with Gasteiger partial charge in [0.1, 0.15) is 0 Å². The van der Waals surface area contributed by atoms with Crippen LogP contribution in [0.15, 0.2) is 18.2 Å². The molecule has 1 atom stereocenters. The maximum atomic E-state index is 12.4. The molecule has 128 valence electrons. The van der Waals surface area contributed by atoms with Crippen molar-refractivity contribution in [3.8, 4) is 11.5 Å². The number of rotatable bonds is 6. The fraction of sp³-hybridized carbons (Fsp3) is 0.588. The Morgan fingerprint density at radius 2 is 1.83 bits per heavy atom. The molecular formula is C17H27N3O3. The van der Waals surface area contributed by atoms with Crippen molar-refractivity contribution in [3.63, 3.8) is 0 Å². The summed E-state index contributed by atoms with van der Waals surface area (Å²) in [5.74, 6) is 1.35. The van der Waals surface area contributed by atoms with E-state index in [1.807, 2.05) is 30.1 Å². The molecule has 0 radical (unpaired) electrons. The number of nitrogens with one attached hydrogen (secondary N) is 1. The molecule has 0 bridgehead atoms. The topological polar surface area (TPSA) is 54.0 Å². The molecule has 2 rings (SSSR count). The lowest BCUT2D eigenvalue weighted by atomic mass is 10.00. The number of methoxy groups -OCH3 is 2. The summed E-state index contributed by atoms with van der Waals surface area (Å²) < 4.78 is 10.5. The van der Waals surface area contributed by atoms with Crippen LogP contribution < -0.4 is 14.9 Å². The second-order valence-electron chi connectivity index (χ2n) is 6.06. The van der Waals surface area contributed by atoms with Gasteiger partial charge in [-0.2, -0.15) is 0 Å². The van der Waals surface area contributed by atoms with Crippen molar-refractivity contribution < 1.29 is 14.3 Å². The summed E-state index contributed by atoms with van der Waals surface area (Å²) in [7, 11) is 5.33. The number of amides is 1. The van der Waals surface area contributed by atoms with E-state index in [0.717, 1.165) is 31.7 Å². The minimum absolute atomic E-state index is 0.0596. The SMILES string of the molecule is COc1ccc(CC(C)C(=O)NN2CCN(C)CC2)cc1OC. The van der Waals surface area contributed by atoms with Gasteiger partial charge in [-0.3, -0.25) is 10.2 Å². The van der Waals surface area contributed by atoms with E-state index in [1.54, 1.807) is 14.2 Å². The van der Waals surface area contributed by atoms with Crippen molar-refractivity contribution in [1.82, 2.24) is 15.3 Å². The van der Waals surface area contributed by atoms with Crippen LogP contribution in [0.25, 0.3) is 0 Å². The zero-order valence-corrected chi connectivity index (χ0v) is 14.5. The summed E-state index contributed by atoms with van der Waals surface area (Å²) in [6.45, 7) is 5.63. The fourth-order valence-corrected chi connectivity index (χ4v) is 2.64. The Balaban J connectivity index is 1.90. The molecular weight excluding hydrogens is 294 g/mol. The van der Waals surface area contributed by atoms with Gasteiger partial charge in [-0.1, -0.05) is 13.0 Å². The Labute approximate surface area is 138 Å². The summed E-state index contributed by atoms with van der Waals surface area (Å²) in [4.78, 5) is 14.6. The highest BCUT2D eigenvalue weighted by atomic mass is 16.5. The molecule has 1 fully saturated rings. The lowest BCUT2D eigenvalue weighted by Gasteiger charge is -2.33. The standard InChI is InChI=1S/C17H27N3O3/c1-13(17(21)18-20-9-7-19(2)8-10-20)11-14-5-6-15(22-3)16(12-14)23-4/h5-6,12-13H,7-11H2,1-4H3,(H,18,21). The first-order valence-electron chi connectivity index (χ1n) is 7.98. The zero-order chi connectivity index (χ0) is 16.8. The molecule has 1 aromatic rings. The second kappa shape index (κ2) is 8.17. The molecule has 1 aliphatic heterocycles. The van der Waals surface area contributed by atoms with Gasteiger partial charge in [0.2, 0.25) is 5.91 Å². The molecule has 1 saturated heterocycles. The monoisotopic (exact) mass is 321 g/mol. The maximum Gasteiger partial charge on any atom is 0.237 e. The van der Waals surface area contributed by atoms with E-state index in [1.165, 1.54) is 0 Å². The predicted octanol–water partition coefficient (Wildman–Crippen LogP) is 1.16. The summed E-state index contributed by atoms with van der Waals surface area (Å²) in [6.07, 6.45) is 0.667. The Kier molecular flexibility index (Phi) is 6.24. The molecule has 23 heavy (non-hydrogen) atoms. The van der Waals surface area contributed by atoms with Crippen LogP contribution in [0.1, 0.15) is 12.5 Å². The van der Waals surface area contributed by atoms with Gasteiger partial charge in [-0.25, -0.2) is 5.01 Å². The van der Waals surface area contributed by atoms with E-state index in [2.05, 4.69) is 17.4 Å². The Morgan fingerprint density at radius 1 is 1.17 bits per heavy atom. The van der Waals surface area contributed by atoms with E-state index in [4.69, 9.17) is 9.47 Å². The maximum absolute atomic E-state index is 12.4. The predicted molar refractivity (Wildman–Crippen MR) is 89.6 cm³/mol. The quantitative estimate of drug-likeness (QED) is 0.852. The summed E-state index contributed by atoms with van der Waals surface area (Å²) in [5.41, 5.74) is 4.08. The number of hydrogen-bond donors (Lipinski definition) is 1. The van der Waals surface area contributed by atoms with Gasteiger partial charge in [0.05, 0.1) is 14.2 Å². The molecule has 0 saturated carbocycles.